The first-order chi connectivity index (χ1) is 7.06. The van der Waals surface area contributed by atoms with Crippen molar-refractivity contribution in [2.75, 3.05) is 12.2 Å². The summed E-state index contributed by atoms with van der Waals surface area (Å²) in [4.78, 5) is 16.9. The molecule has 0 saturated carbocycles. The Morgan fingerprint density at radius 3 is 2.67 bits per heavy atom. The van der Waals surface area contributed by atoms with Crippen LogP contribution in [0, 0.1) is 0 Å². The molecule has 2 rings (SSSR count). The van der Waals surface area contributed by atoms with Crippen LogP contribution < -0.4 is 5.06 Å². The molecule has 0 saturated heterocycles. The lowest BCUT2D eigenvalue weighted by atomic mass is 9.78. The summed E-state index contributed by atoms with van der Waals surface area (Å²) in [6, 6.07) is 7.87. The molecule has 1 aliphatic heterocycles. The summed E-state index contributed by atoms with van der Waals surface area (Å²) in [6.07, 6.45) is 0.484. The van der Waals surface area contributed by atoms with Crippen LogP contribution in [0.5, 0.6) is 0 Å². The molecule has 1 aromatic carbocycles. The van der Waals surface area contributed by atoms with Crippen LogP contribution in [0.15, 0.2) is 24.3 Å². The SMILES string of the molecule is CON1C(=O)CC(C)(C)c2ccccc21. The van der Waals surface area contributed by atoms with E-state index in [2.05, 4.69) is 13.8 Å². The van der Waals surface area contributed by atoms with Gasteiger partial charge in [0.1, 0.15) is 0 Å². The average Bonchev–Trinajstić information content (AvgIpc) is 2.17. The Hall–Kier alpha value is -1.35. The molecule has 1 aromatic rings. The number of benzene rings is 1. The van der Waals surface area contributed by atoms with Gasteiger partial charge in [0, 0.05) is 11.8 Å². The molecule has 1 heterocycles. The first kappa shape index (κ1) is 10.2. The lowest BCUT2D eigenvalue weighted by molar-refractivity contribution is -0.126. The van der Waals surface area contributed by atoms with Gasteiger partial charge in [0.15, 0.2) is 0 Å². The minimum atomic E-state index is -0.108. The fraction of sp³-hybridized carbons (Fsp3) is 0.417. The number of anilines is 1. The van der Waals surface area contributed by atoms with E-state index in [1.54, 1.807) is 0 Å². The first-order valence-electron chi connectivity index (χ1n) is 5.03. The molecule has 0 fully saturated rings. The number of carbonyl (C=O) groups excluding carboxylic acids is 1. The van der Waals surface area contributed by atoms with E-state index in [1.165, 1.54) is 12.2 Å². The van der Waals surface area contributed by atoms with Gasteiger partial charge in [-0.15, -0.1) is 0 Å². The topological polar surface area (TPSA) is 29.5 Å². The molecule has 15 heavy (non-hydrogen) atoms. The first-order valence-corrected chi connectivity index (χ1v) is 5.03. The van der Waals surface area contributed by atoms with Crippen LogP contribution in [-0.4, -0.2) is 13.0 Å². The molecule has 3 nitrogen and oxygen atoms in total. The highest BCUT2D eigenvalue weighted by Gasteiger charge is 2.36. The number of carbonyl (C=O) groups is 1. The third-order valence-corrected chi connectivity index (χ3v) is 2.85. The summed E-state index contributed by atoms with van der Waals surface area (Å²) in [6.45, 7) is 4.16. The largest absolute Gasteiger partial charge is 0.272 e. The highest BCUT2D eigenvalue weighted by atomic mass is 16.7. The van der Waals surface area contributed by atoms with Gasteiger partial charge in [-0.2, -0.15) is 5.06 Å². The molecule has 1 aliphatic rings. The summed E-state index contributed by atoms with van der Waals surface area (Å²) in [7, 11) is 1.52. The van der Waals surface area contributed by atoms with Crippen LogP contribution in [0.4, 0.5) is 5.69 Å². The minimum absolute atomic E-state index is 0.0150. The number of hydrogen-bond acceptors (Lipinski definition) is 2. The zero-order chi connectivity index (χ0) is 11.1. The molecular formula is C12H15NO2. The Kier molecular flexibility index (Phi) is 2.27. The van der Waals surface area contributed by atoms with Crippen LogP contribution in [-0.2, 0) is 15.0 Å². The fourth-order valence-corrected chi connectivity index (χ4v) is 2.10. The normalized spacial score (nSPS) is 18.9. The van der Waals surface area contributed by atoms with E-state index in [0.29, 0.717) is 6.42 Å². The van der Waals surface area contributed by atoms with Crippen molar-refractivity contribution in [2.24, 2.45) is 0 Å². The van der Waals surface area contributed by atoms with E-state index in [9.17, 15) is 4.79 Å². The van der Waals surface area contributed by atoms with Crippen molar-refractivity contribution in [3.05, 3.63) is 29.8 Å². The Bertz CT molecular complexity index is 398. The molecule has 0 aromatic heterocycles. The standard InChI is InChI=1S/C12H15NO2/c1-12(2)8-11(14)13(15-3)10-7-5-4-6-9(10)12/h4-7H,8H2,1-3H3. The number of amides is 1. The average molecular weight is 205 g/mol. The highest BCUT2D eigenvalue weighted by Crippen LogP contribution is 2.39. The van der Waals surface area contributed by atoms with Crippen LogP contribution in [0.25, 0.3) is 0 Å². The van der Waals surface area contributed by atoms with E-state index >= 15 is 0 Å². The Morgan fingerprint density at radius 1 is 1.33 bits per heavy atom. The summed E-state index contributed by atoms with van der Waals surface area (Å²) < 4.78 is 0. The summed E-state index contributed by atoms with van der Waals surface area (Å²) in [5.74, 6) is 0.0150. The summed E-state index contributed by atoms with van der Waals surface area (Å²) >= 11 is 0. The minimum Gasteiger partial charge on any atom is -0.272 e. The van der Waals surface area contributed by atoms with Crippen molar-refractivity contribution in [3.8, 4) is 0 Å². The van der Waals surface area contributed by atoms with Crippen LogP contribution in [0.2, 0.25) is 0 Å². The molecule has 0 spiro atoms. The van der Waals surface area contributed by atoms with Crippen LogP contribution >= 0.6 is 0 Å². The van der Waals surface area contributed by atoms with Gasteiger partial charge in [-0.3, -0.25) is 9.63 Å². The number of para-hydroxylation sites is 1. The molecule has 80 valence electrons. The maximum Gasteiger partial charge on any atom is 0.251 e. The molecule has 0 aliphatic carbocycles. The van der Waals surface area contributed by atoms with Gasteiger partial charge in [0.2, 0.25) is 0 Å². The maximum atomic E-state index is 11.8. The predicted octanol–water partition coefficient (Wildman–Crippen LogP) is 2.26. The zero-order valence-electron chi connectivity index (χ0n) is 9.28. The van der Waals surface area contributed by atoms with Crippen molar-refractivity contribution >= 4 is 11.6 Å². The summed E-state index contributed by atoms with van der Waals surface area (Å²) in [5.41, 5.74) is 1.91. The molecule has 0 bridgehead atoms. The smallest absolute Gasteiger partial charge is 0.251 e. The van der Waals surface area contributed by atoms with Crippen molar-refractivity contribution in [2.45, 2.75) is 25.7 Å². The monoisotopic (exact) mass is 205 g/mol. The Labute approximate surface area is 89.6 Å². The van der Waals surface area contributed by atoms with Gasteiger partial charge in [-0.1, -0.05) is 32.0 Å². The van der Waals surface area contributed by atoms with E-state index in [4.69, 9.17) is 4.84 Å². The number of rotatable bonds is 1. The molecule has 0 N–H and O–H groups in total. The van der Waals surface area contributed by atoms with Gasteiger partial charge >= 0.3 is 0 Å². The number of fused-ring (bicyclic) bond motifs is 1. The number of nitrogens with zero attached hydrogens (tertiary/aromatic N) is 1. The van der Waals surface area contributed by atoms with Crippen molar-refractivity contribution in [1.82, 2.24) is 0 Å². The summed E-state index contributed by atoms with van der Waals surface area (Å²) in [5, 5.41) is 1.38. The maximum absolute atomic E-state index is 11.8. The van der Waals surface area contributed by atoms with E-state index in [-0.39, 0.29) is 11.3 Å². The second-order valence-electron chi connectivity index (χ2n) is 4.45. The molecular weight excluding hydrogens is 190 g/mol. The van der Waals surface area contributed by atoms with E-state index < -0.39 is 0 Å². The third kappa shape index (κ3) is 1.53. The number of hydroxylamine groups is 1. The van der Waals surface area contributed by atoms with Gasteiger partial charge in [0.05, 0.1) is 12.8 Å². The molecule has 3 heteroatoms. The lowest BCUT2D eigenvalue weighted by Gasteiger charge is -2.36. The van der Waals surface area contributed by atoms with Crippen molar-refractivity contribution < 1.29 is 9.63 Å². The Balaban J connectivity index is 2.58. The molecule has 0 radical (unpaired) electrons. The Morgan fingerprint density at radius 2 is 2.00 bits per heavy atom. The molecule has 1 amide bonds. The van der Waals surface area contributed by atoms with Crippen LogP contribution in [0.1, 0.15) is 25.8 Å². The van der Waals surface area contributed by atoms with E-state index in [0.717, 1.165) is 11.3 Å². The van der Waals surface area contributed by atoms with Crippen LogP contribution in [0.3, 0.4) is 0 Å². The van der Waals surface area contributed by atoms with Gasteiger partial charge in [-0.05, 0) is 11.6 Å². The van der Waals surface area contributed by atoms with Crippen molar-refractivity contribution in [3.63, 3.8) is 0 Å². The van der Waals surface area contributed by atoms with Gasteiger partial charge < -0.3 is 0 Å². The third-order valence-electron chi connectivity index (χ3n) is 2.85. The van der Waals surface area contributed by atoms with Gasteiger partial charge in [-0.25, -0.2) is 0 Å². The second-order valence-corrected chi connectivity index (χ2v) is 4.45. The fourth-order valence-electron chi connectivity index (χ4n) is 2.10. The molecule has 0 unspecified atom stereocenters. The quantitative estimate of drug-likeness (QED) is 0.703. The lowest BCUT2D eigenvalue weighted by Crippen LogP contribution is -2.41. The zero-order valence-corrected chi connectivity index (χ0v) is 9.28. The second kappa shape index (κ2) is 3.35. The van der Waals surface area contributed by atoms with Gasteiger partial charge in [0.25, 0.3) is 5.91 Å². The predicted molar refractivity (Wildman–Crippen MR) is 58.6 cm³/mol. The number of hydrogen-bond donors (Lipinski definition) is 0. The molecule has 0 atom stereocenters. The van der Waals surface area contributed by atoms with E-state index in [1.807, 2.05) is 24.3 Å². The van der Waals surface area contributed by atoms with Crippen molar-refractivity contribution in [1.29, 1.82) is 0 Å². The highest BCUT2D eigenvalue weighted by molar-refractivity contribution is 5.95.